The fourth-order valence-corrected chi connectivity index (χ4v) is 2.85. The number of hydrogen-bond acceptors (Lipinski definition) is 4. The molecule has 0 radical (unpaired) electrons. The van der Waals surface area contributed by atoms with Gasteiger partial charge in [-0.05, 0) is 24.0 Å². The van der Waals surface area contributed by atoms with Crippen molar-refractivity contribution in [3.63, 3.8) is 0 Å². The van der Waals surface area contributed by atoms with Crippen molar-refractivity contribution < 1.29 is 24.2 Å². The molecule has 2 aromatic rings. The Balaban J connectivity index is 1.97. The van der Waals surface area contributed by atoms with E-state index in [1.54, 1.807) is 13.8 Å². The van der Waals surface area contributed by atoms with Gasteiger partial charge < -0.3 is 20.5 Å². The first-order chi connectivity index (χ1) is 14.3. The van der Waals surface area contributed by atoms with E-state index in [2.05, 4.69) is 10.6 Å². The van der Waals surface area contributed by atoms with E-state index >= 15 is 0 Å². The lowest BCUT2D eigenvalue weighted by Crippen LogP contribution is -2.54. The van der Waals surface area contributed by atoms with Crippen LogP contribution in [0.3, 0.4) is 0 Å². The number of ether oxygens (including phenoxy) is 1. The van der Waals surface area contributed by atoms with Gasteiger partial charge in [-0.1, -0.05) is 74.0 Å². The zero-order valence-corrected chi connectivity index (χ0v) is 17.4. The van der Waals surface area contributed by atoms with Crippen molar-refractivity contribution in [3.8, 4) is 0 Å². The van der Waals surface area contributed by atoms with Gasteiger partial charge in [0, 0.05) is 6.42 Å². The Kier molecular flexibility index (Phi) is 8.41. The maximum Gasteiger partial charge on any atom is 0.408 e. The number of carbonyl (C=O) groups is 3. The molecule has 0 saturated heterocycles. The van der Waals surface area contributed by atoms with E-state index < -0.39 is 30.1 Å². The maximum absolute atomic E-state index is 12.7. The van der Waals surface area contributed by atoms with Gasteiger partial charge in [0.15, 0.2) is 0 Å². The average molecular weight is 412 g/mol. The Morgan fingerprint density at radius 2 is 1.57 bits per heavy atom. The molecule has 0 bridgehead atoms. The van der Waals surface area contributed by atoms with Crippen LogP contribution < -0.4 is 10.6 Å². The Morgan fingerprint density at radius 1 is 0.933 bits per heavy atom. The first kappa shape index (κ1) is 22.9. The Hall–Kier alpha value is -3.35. The summed E-state index contributed by atoms with van der Waals surface area (Å²) in [6.45, 7) is 5.54. The molecule has 7 heteroatoms. The van der Waals surface area contributed by atoms with Gasteiger partial charge in [-0.3, -0.25) is 4.79 Å². The summed E-state index contributed by atoms with van der Waals surface area (Å²) in [5, 5.41) is 14.6. The molecule has 0 spiro atoms. The van der Waals surface area contributed by atoms with Crippen LogP contribution in [-0.2, 0) is 27.4 Å². The van der Waals surface area contributed by atoms with Gasteiger partial charge in [-0.25, -0.2) is 9.59 Å². The van der Waals surface area contributed by atoms with Crippen molar-refractivity contribution in [2.24, 2.45) is 5.92 Å². The van der Waals surface area contributed by atoms with Gasteiger partial charge in [0.25, 0.3) is 0 Å². The van der Waals surface area contributed by atoms with Crippen molar-refractivity contribution in [1.82, 2.24) is 10.6 Å². The normalized spacial score (nSPS) is 12.7. The first-order valence-corrected chi connectivity index (χ1v) is 9.82. The molecule has 30 heavy (non-hydrogen) atoms. The van der Waals surface area contributed by atoms with Crippen LogP contribution in [0.5, 0.6) is 0 Å². The van der Waals surface area contributed by atoms with E-state index in [4.69, 9.17) is 4.74 Å². The summed E-state index contributed by atoms with van der Waals surface area (Å²) in [5.74, 6) is -1.97. The number of rotatable bonds is 9. The van der Waals surface area contributed by atoms with Crippen LogP contribution in [0.1, 0.15) is 30.5 Å². The van der Waals surface area contributed by atoms with E-state index in [0.29, 0.717) is 0 Å². The number of alkyl carbamates (subject to hydrolysis) is 1. The monoisotopic (exact) mass is 412 g/mol. The summed E-state index contributed by atoms with van der Waals surface area (Å²) in [5.41, 5.74) is 2.68. The highest BCUT2D eigenvalue weighted by atomic mass is 16.5. The number of aryl methyl sites for hydroxylation is 1. The number of nitrogens with one attached hydrogen (secondary N) is 2. The fourth-order valence-electron chi connectivity index (χ4n) is 2.85. The fraction of sp³-hybridized carbons (Fsp3) is 0.348. The molecule has 2 atom stereocenters. The van der Waals surface area contributed by atoms with Crippen LogP contribution in [0, 0.1) is 12.8 Å². The summed E-state index contributed by atoms with van der Waals surface area (Å²) in [6, 6.07) is 14.6. The highest BCUT2D eigenvalue weighted by Gasteiger charge is 2.29. The predicted molar refractivity (Wildman–Crippen MR) is 113 cm³/mol. The quantitative estimate of drug-likeness (QED) is 0.587. The maximum atomic E-state index is 12.7. The van der Waals surface area contributed by atoms with Crippen LogP contribution in [0.25, 0.3) is 0 Å². The lowest BCUT2D eigenvalue weighted by Gasteiger charge is -2.24. The minimum absolute atomic E-state index is 0.0737. The van der Waals surface area contributed by atoms with Gasteiger partial charge in [0.05, 0.1) is 0 Å². The third-order valence-electron chi connectivity index (χ3n) is 4.61. The molecule has 0 fully saturated rings. The smallest absolute Gasteiger partial charge is 0.408 e. The number of carboxylic acids is 1. The van der Waals surface area contributed by atoms with Crippen molar-refractivity contribution in [2.45, 2.75) is 45.9 Å². The van der Waals surface area contributed by atoms with Crippen LogP contribution >= 0.6 is 0 Å². The van der Waals surface area contributed by atoms with Crippen LogP contribution in [0.15, 0.2) is 54.6 Å². The topological polar surface area (TPSA) is 105 Å². The molecule has 0 unspecified atom stereocenters. The zero-order valence-electron chi connectivity index (χ0n) is 17.4. The average Bonchev–Trinajstić information content (AvgIpc) is 2.71. The van der Waals surface area contributed by atoms with Gasteiger partial charge in [-0.2, -0.15) is 0 Å². The van der Waals surface area contributed by atoms with Crippen LogP contribution in [-0.4, -0.2) is 35.2 Å². The molecule has 2 amide bonds. The molecular formula is C23H28N2O5. The summed E-state index contributed by atoms with van der Waals surface area (Å²) < 4.78 is 5.17. The molecule has 2 aromatic carbocycles. The molecule has 0 aliphatic rings. The van der Waals surface area contributed by atoms with Gasteiger partial charge in [0.2, 0.25) is 5.91 Å². The highest BCUT2D eigenvalue weighted by Crippen LogP contribution is 2.09. The third kappa shape index (κ3) is 7.24. The molecule has 0 aromatic heterocycles. The molecule has 0 aliphatic carbocycles. The summed E-state index contributed by atoms with van der Waals surface area (Å²) in [4.78, 5) is 36.5. The van der Waals surface area contributed by atoms with Crippen molar-refractivity contribution >= 4 is 18.0 Å². The second-order valence-electron chi connectivity index (χ2n) is 7.52. The van der Waals surface area contributed by atoms with Crippen molar-refractivity contribution in [3.05, 3.63) is 71.3 Å². The van der Waals surface area contributed by atoms with Gasteiger partial charge in [0.1, 0.15) is 18.7 Å². The van der Waals surface area contributed by atoms with E-state index in [0.717, 1.165) is 16.7 Å². The van der Waals surface area contributed by atoms with E-state index in [9.17, 15) is 19.5 Å². The number of carboxylic acid groups (broad SMARTS) is 1. The third-order valence-corrected chi connectivity index (χ3v) is 4.61. The van der Waals surface area contributed by atoms with Crippen molar-refractivity contribution in [1.29, 1.82) is 0 Å². The predicted octanol–water partition coefficient (Wildman–Crippen LogP) is 3.06. The summed E-state index contributed by atoms with van der Waals surface area (Å²) >= 11 is 0. The minimum atomic E-state index is -1.14. The molecule has 0 aliphatic heterocycles. The molecule has 3 N–H and O–H groups in total. The lowest BCUT2D eigenvalue weighted by molar-refractivity contribution is -0.142. The van der Waals surface area contributed by atoms with E-state index in [1.165, 1.54) is 0 Å². The van der Waals surface area contributed by atoms with Crippen molar-refractivity contribution in [2.75, 3.05) is 0 Å². The zero-order chi connectivity index (χ0) is 22.1. The molecule has 2 rings (SSSR count). The highest BCUT2D eigenvalue weighted by molar-refractivity contribution is 5.89. The summed E-state index contributed by atoms with van der Waals surface area (Å²) in [6.07, 6.45) is -0.594. The van der Waals surface area contributed by atoms with Crippen LogP contribution in [0.2, 0.25) is 0 Å². The number of carbonyl (C=O) groups excluding carboxylic acids is 2. The number of hydrogen-bond donors (Lipinski definition) is 3. The van der Waals surface area contributed by atoms with Gasteiger partial charge >= 0.3 is 12.1 Å². The van der Waals surface area contributed by atoms with Crippen LogP contribution in [0.4, 0.5) is 4.79 Å². The van der Waals surface area contributed by atoms with E-state index in [-0.39, 0.29) is 18.9 Å². The number of benzene rings is 2. The molecule has 0 saturated carbocycles. The standard InChI is InChI=1S/C23H28N2O5/c1-15(2)20(25-23(29)30-14-18-7-5-4-6-8-18)21(26)24-19(22(27)28)13-17-11-9-16(3)10-12-17/h4-12,15,19-20H,13-14H2,1-3H3,(H,24,26)(H,25,29)(H,27,28)/t19-,20+/m0/s1. The molecule has 7 nitrogen and oxygen atoms in total. The first-order valence-electron chi connectivity index (χ1n) is 9.82. The largest absolute Gasteiger partial charge is 0.480 e. The lowest BCUT2D eigenvalue weighted by atomic mass is 10.0. The number of amides is 2. The molecular weight excluding hydrogens is 384 g/mol. The minimum Gasteiger partial charge on any atom is -0.480 e. The molecule has 0 heterocycles. The van der Waals surface area contributed by atoms with E-state index in [1.807, 2.05) is 61.5 Å². The molecule has 160 valence electrons. The number of aliphatic carboxylic acids is 1. The van der Waals surface area contributed by atoms with Gasteiger partial charge in [-0.15, -0.1) is 0 Å². The Bertz CT molecular complexity index is 850. The Morgan fingerprint density at radius 3 is 2.13 bits per heavy atom. The Labute approximate surface area is 176 Å². The SMILES string of the molecule is Cc1ccc(C[C@H](NC(=O)[C@H](NC(=O)OCc2ccccc2)C(C)C)C(=O)O)cc1. The summed E-state index contributed by atoms with van der Waals surface area (Å²) in [7, 11) is 0. The second-order valence-corrected chi connectivity index (χ2v) is 7.52. The second kappa shape index (κ2) is 11.0.